The third-order valence-electron chi connectivity index (χ3n) is 6.87. The fourth-order valence-electron chi connectivity index (χ4n) is 5.40. The molecule has 0 unspecified atom stereocenters. The Morgan fingerprint density at radius 2 is 2.11 bits per heavy atom. The lowest BCUT2D eigenvalue weighted by Gasteiger charge is -2.44. The quantitative estimate of drug-likeness (QED) is 0.566. The predicted molar refractivity (Wildman–Crippen MR) is 113 cm³/mol. The second kappa shape index (κ2) is 10.7. The second-order valence-electron chi connectivity index (χ2n) is 8.90. The first-order valence-electron chi connectivity index (χ1n) is 11.1. The molecule has 28 heavy (non-hydrogen) atoms. The molecule has 2 saturated carbocycles. The van der Waals surface area contributed by atoms with E-state index in [9.17, 15) is 0 Å². The summed E-state index contributed by atoms with van der Waals surface area (Å²) >= 11 is 0. The highest BCUT2D eigenvalue weighted by atomic mass is 16.5. The molecule has 0 aromatic carbocycles. The molecule has 0 aliphatic heterocycles. The summed E-state index contributed by atoms with van der Waals surface area (Å²) in [5, 5.41) is 11.0. The van der Waals surface area contributed by atoms with Crippen molar-refractivity contribution >= 4 is 0 Å². The van der Waals surface area contributed by atoms with Gasteiger partial charge in [0.25, 0.3) is 0 Å². The summed E-state index contributed by atoms with van der Waals surface area (Å²) in [6.07, 6.45) is 12.4. The molecule has 0 radical (unpaired) electrons. The van der Waals surface area contributed by atoms with Gasteiger partial charge < -0.3 is 19.7 Å². The van der Waals surface area contributed by atoms with Crippen molar-refractivity contribution in [2.75, 3.05) is 47.5 Å². The molecule has 3 rings (SSSR count). The van der Waals surface area contributed by atoms with Crippen molar-refractivity contribution in [1.29, 1.82) is 0 Å². The number of rotatable bonds is 11. The molecule has 1 heterocycles. The molecule has 2 fully saturated rings. The molecule has 2 aliphatic rings. The first kappa shape index (κ1) is 21.8. The van der Waals surface area contributed by atoms with Crippen molar-refractivity contribution < 1.29 is 9.47 Å². The van der Waals surface area contributed by atoms with E-state index in [-0.39, 0.29) is 0 Å². The van der Waals surface area contributed by atoms with Gasteiger partial charge in [-0.3, -0.25) is 5.10 Å². The summed E-state index contributed by atoms with van der Waals surface area (Å²) in [7, 11) is 5.97. The Kier molecular flexibility index (Phi) is 8.33. The molecule has 2 N–H and O–H groups in total. The van der Waals surface area contributed by atoms with Crippen LogP contribution in [0.2, 0.25) is 0 Å². The number of likely N-dealkylation sites (N-methyl/N-ethyl adjacent to an activating group) is 2. The van der Waals surface area contributed by atoms with E-state index >= 15 is 0 Å². The van der Waals surface area contributed by atoms with Gasteiger partial charge in [0, 0.05) is 57.1 Å². The third kappa shape index (κ3) is 5.35. The Balaban J connectivity index is 1.63. The van der Waals surface area contributed by atoms with Crippen molar-refractivity contribution in [1.82, 2.24) is 20.4 Å². The van der Waals surface area contributed by atoms with Crippen molar-refractivity contribution in [2.45, 2.75) is 69.9 Å². The van der Waals surface area contributed by atoms with Crippen LogP contribution in [0.15, 0.2) is 6.20 Å². The lowest BCUT2D eigenvalue weighted by Crippen LogP contribution is -2.41. The van der Waals surface area contributed by atoms with E-state index in [1.807, 2.05) is 13.2 Å². The van der Waals surface area contributed by atoms with Crippen LogP contribution in [0.3, 0.4) is 0 Å². The van der Waals surface area contributed by atoms with Crippen molar-refractivity contribution in [3.8, 4) is 0 Å². The minimum Gasteiger partial charge on any atom is -0.385 e. The molecule has 0 saturated heterocycles. The zero-order chi connectivity index (χ0) is 19.8. The molecule has 2 aliphatic carbocycles. The van der Waals surface area contributed by atoms with Crippen LogP contribution >= 0.6 is 0 Å². The molecule has 0 amide bonds. The van der Waals surface area contributed by atoms with Crippen LogP contribution in [0, 0.1) is 5.41 Å². The van der Waals surface area contributed by atoms with Crippen molar-refractivity contribution in [3.63, 3.8) is 0 Å². The van der Waals surface area contributed by atoms with E-state index < -0.39 is 0 Å². The number of aromatic nitrogens is 2. The summed E-state index contributed by atoms with van der Waals surface area (Å²) in [5.41, 5.74) is 3.12. The standard InChI is InChI=1S/C22H40N4O2/c1-23-11-12-26(2)17-19-16-24-25-21(19)18-7-8-20(28-14-6-13-27-3)22(15-18)9-4-5-10-22/h16,18,20,23H,4-15,17H2,1-3H3,(H,24,25)/t18-,20+/m1/s1. The summed E-state index contributed by atoms with van der Waals surface area (Å²) in [6.45, 7) is 4.65. The minimum atomic E-state index is 0.371. The van der Waals surface area contributed by atoms with E-state index in [1.165, 1.54) is 56.2 Å². The first-order chi connectivity index (χ1) is 13.7. The van der Waals surface area contributed by atoms with Crippen LogP contribution in [-0.2, 0) is 16.0 Å². The fraction of sp³-hybridized carbons (Fsp3) is 0.864. The normalized spacial score (nSPS) is 24.4. The molecule has 160 valence electrons. The van der Waals surface area contributed by atoms with Gasteiger partial charge in [-0.25, -0.2) is 0 Å². The average Bonchev–Trinajstić information content (AvgIpc) is 3.35. The van der Waals surface area contributed by atoms with Gasteiger partial charge in [0.2, 0.25) is 0 Å². The predicted octanol–water partition coefficient (Wildman–Crippen LogP) is 3.31. The Bertz CT molecular complexity index is 571. The molecule has 0 bridgehead atoms. The van der Waals surface area contributed by atoms with Gasteiger partial charge in [-0.2, -0.15) is 5.10 Å². The van der Waals surface area contributed by atoms with Crippen LogP contribution in [0.1, 0.15) is 68.5 Å². The Morgan fingerprint density at radius 3 is 2.86 bits per heavy atom. The maximum atomic E-state index is 6.41. The van der Waals surface area contributed by atoms with Gasteiger partial charge in [-0.15, -0.1) is 0 Å². The van der Waals surface area contributed by atoms with Crippen molar-refractivity contribution in [3.05, 3.63) is 17.5 Å². The highest BCUT2D eigenvalue weighted by Gasteiger charge is 2.47. The van der Waals surface area contributed by atoms with Gasteiger partial charge in [0.05, 0.1) is 12.3 Å². The number of ether oxygens (including phenoxy) is 2. The number of hydrogen-bond donors (Lipinski definition) is 2. The van der Waals surface area contributed by atoms with E-state index in [0.29, 0.717) is 17.4 Å². The summed E-state index contributed by atoms with van der Waals surface area (Å²) in [6, 6.07) is 0. The van der Waals surface area contributed by atoms with Crippen molar-refractivity contribution in [2.24, 2.45) is 5.41 Å². The first-order valence-corrected chi connectivity index (χ1v) is 11.1. The lowest BCUT2D eigenvalue weighted by molar-refractivity contribution is -0.0736. The maximum Gasteiger partial charge on any atom is 0.0631 e. The average molecular weight is 393 g/mol. The van der Waals surface area contributed by atoms with E-state index in [2.05, 4.69) is 27.5 Å². The molecule has 6 heteroatoms. The van der Waals surface area contributed by atoms with Gasteiger partial charge in [0.15, 0.2) is 0 Å². The van der Waals surface area contributed by atoms with E-state index in [4.69, 9.17) is 9.47 Å². The van der Waals surface area contributed by atoms with Gasteiger partial charge in [-0.05, 0) is 58.0 Å². The number of methoxy groups -OCH3 is 1. The molecule has 1 aromatic rings. The Morgan fingerprint density at radius 1 is 1.29 bits per heavy atom. The summed E-state index contributed by atoms with van der Waals surface area (Å²) in [5.74, 6) is 0.590. The van der Waals surface area contributed by atoms with Crippen LogP contribution in [0.5, 0.6) is 0 Å². The molecular formula is C22H40N4O2. The summed E-state index contributed by atoms with van der Waals surface area (Å²) < 4.78 is 11.6. The highest BCUT2D eigenvalue weighted by Crippen LogP contribution is 2.54. The van der Waals surface area contributed by atoms with E-state index in [0.717, 1.165) is 39.3 Å². The SMILES string of the molecule is CNCCN(C)Cc1cn[nH]c1[C@@H]1CC[C@H](OCCCOC)C2(CCCC2)C1. The van der Waals surface area contributed by atoms with Crippen LogP contribution < -0.4 is 5.32 Å². The Hall–Kier alpha value is -0.950. The number of nitrogens with zero attached hydrogens (tertiary/aromatic N) is 2. The van der Waals surface area contributed by atoms with Gasteiger partial charge in [0.1, 0.15) is 0 Å². The van der Waals surface area contributed by atoms with Crippen LogP contribution in [0.25, 0.3) is 0 Å². The zero-order valence-corrected chi connectivity index (χ0v) is 18.1. The zero-order valence-electron chi connectivity index (χ0n) is 18.1. The number of nitrogens with one attached hydrogen (secondary N) is 2. The summed E-state index contributed by atoms with van der Waals surface area (Å²) in [4.78, 5) is 2.38. The monoisotopic (exact) mass is 392 g/mol. The number of aromatic amines is 1. The molecular weight excluding hydrogens is 352 g/mol. The smallest absolute Gasteiger partial charge is 0.0631 e. The topological polar surface area (TPSA) is 62.4 Å². The van der Waals surface area contributed by atoms with E-state index in [1.54, 1.807) is 7.11 Å². The second-order valence-corrected chi connectivity index (χ2v) is 8.90. The highest BCUT2D eigenvalue weighted by molar-refractivity contribution is 5.22. The minimum absolute atomic E-state index is 0.371. The largest absolute Gasteiger partial charge is 0.385 e. The fourth-order valence-corrected chi connectivity index (χ4v) is 5.40. The van der Waals surface area contributed by atoms with Crippen LogP contribution in [0.4, 0.5) is 0 Å². The third-order valence-corrected chi connectivity index (χ3v) is 6.87. The van der Waals surface area contributed by atoms with Crippen LogP contribution in [-0.4, -0.2) is 68.7 Å². The molecule has 2 atom stereocenters. The maximum absolute atomic E-state index is 6.41. The van der Waals surface area contributed by atoms with Gasteiger partial charge in [-0.1, -0.05) is 12.8 Å². The Labute approximate surface area is 170 Å². The molecule has 1 aromatic heterocycles. The lowest BCUT2D eigenvalue weighted by atomic mass is 9.65. The molecule has 6 nitrogen and oxygen atoms in total. The number of H-pyrrole nitrogens is 1. The van der Waals surface area contributed by atoms with Gasteiger partial charge >= 0.3 is 0 Å². The molecule has 1 spiro atoms. The number of hydrogen-bond acceptors (Lipinski definition) is 5.